The highest BCUT2D eigenvalue weighted by molar-refractivity contribution is 7.86. The third-order valence-electron chi connectivity index (χ3n) is 0.659. The number of hydrogen-bond donors (Lipinski definition) is 2. The molecule has 0 bridgehead atoms. The Kier molecular flexibility index (Phi) is 2.56. The van der Waals surface area contributed by atoms with E-state index in [1.54, 1.807) is 0 Å². The maximum absolute atomic E-state index is 9.98. The molecule has 0 rings (SSSR count). The van der Waals surface area contributed by atoms with Crippen molar-refractivity contribution < 1.29 is 22.9 Å². The first-order chi connectivity index (χ1) is 4.33. The summed E-state index contributed by atoms with van der Waals surface area (Å²) < 4.78 is 28.0. The van der Waals surface area contributed by atoms with Crippen LogP contribution in [0, 0.1) is 0 Å². The topological polar surface area (TPSA) is 91.7 Å². The third-order valence-corrected chi connectivity index (χ3v) is 1.37. The lowest BCUT2D eigenvalue weighted by atomic mass is 10.4. The van der Waals surface area contributed by atoms with Crippen LogP contribution in [0.25, 0.3) is 0 Å². The van der Waals surface area contributed by atoms with E-state index in [-0.39, 0.29) is 0 Å². The monoisotopic (exact) mass is 166 g/mol. The van der Waals surface area contributed by atoms with E-state index in [9.17, 15) is 13.2 Å². The van der Waals surface area contributed by atoms with Crippen molar-refractivity contribution >= 4 is 16.1 Å². The molecular formula is C4H6O5S. The predicted molar refractivity (Wildman–Crippen MR) is 33.2 cm³/mol. The first-order valence-corrected chi connectivity index (χ1v) is 3.80. The molecule has 0 aromatic heterocycles. The number of rotatable bonds is 3. The summed E-state index contributed by atoms with van der Waals surface area (Å²) in [6.07, 6.45) is 0. The zero-order valence-electron chi connectivity index (χ0n) is 4.94. The van der Waals surface area contributed by atoms with Crippen LogP contribution in [0.4, 0.5) is 0 Å². The standard InChI is InChI=1S/C4H6O5S/c1-3(4(5)6)2-10(7,8)9/h1-2H2,(H,5,6)(H,7,8,9). The average molecular weight is 166 g/mol. The summed E-state index contributed by atoms with van der Waals surface area (Å²) >= 11 is 0. The molecule has 6 heteroatoms. The predicted octanol–water partition coefficient (Wildman–Crippen LogP) is -0.485. The minimum Gasteiger partial charge on any atom is -0.478 e. The fourth-order valence-electron chi connectivity index (χ4n) is 0.282. The van der Waals surface area contributed by atoms with Crippen LogP contribution < -0.4 is 0 Å². The molecule has 0 unspecified atom stereocenters. The zero-order valence-corrected chi connectivity index (χ0v) is 5.76. The normalized spacial score (nSPS) is 10.9. The molecule has 0 atom stereocenters. The van der Waals surface area contributed by atoms with Crippen molar-refractivity contribution in [3.8, 4) is 0 Å². The molecule has 2 N–H and O–H groups in total. The fourth-order valence-corrected chi connectivity index (χ4v) is 0.846. The number of carboxylic acids is 1. The van der Waals surface area contributed by atoms with Gasteiger partial charge in [0.05, 0.1) is 0 Å². The van der Waals surface area contributed by atoms with Gasteiger partial charge in [-0.05, 0) is 0 Å². The van der Waals surface area contributed by atoms with Gasteiger partial charge in [0.2, 0.25) is 0 Å². The molecule has 0 saturated carbocycles. The summed E-state index contributed by atoms with van der Waals surface area (Å²) in [6, 6.07) is 0. The van der Waals surface area contributed by atoms with Crippen LogP contribution in [0.3, 0.4) is 0 Å². The first-order valence-electron chi connectivity index (χ1n) is 2.19. The maximum Gasteiger partial charge on any atom is 0.332 e. The summed E-state index contributed by atoms with van der Waals surface area (Å²) in [5.41, 5.74) is -0.553. The molecule has 0 aromatic carbocycles. The summed E-state index contributed by atoms with van der Waals surface area (Å²) in [5, 5.41) is 8.07. The molecule has 0 aromatic rings. The Morgan fingerprint density at radius 3 is 2.00 bits per heavy atom. The number of carboxylic acid groups (broad SMARTS) is 1. The average Bonchev–Trinajstić information content (AvgIpc) is 1.60. The molecule has 0 radical (unpaired) electrons. The smallest absolute Gasteiger partial charge is 0.332 e. The van der Waals surface area contributed by atoms with E-state index < -0.39 is 27.4 Å². The minimum absolute atomic E-state index is 0.553. The van der Waals surface area contributed by atoms with Crippen LogP contribution in [0.2, 0.25) is 0 Å². The second-order valence-corrected chi connectivity index (χ2v) is 3.09. The number of aliphatic carboxylic acids is 1. The summed E-state index contributed by atoms with van der Waals surface area (Å²) in [4.78, 5) is 9.90. The molecule has 0 heterocycles. The van der Waals surface area contributed by atoms with Crippen LogP contribution in [0.15, 0.2) is 12.2 Å². The molecule has 58 valence electrons. The molecule has 10 heavy (non-hydrogen) atoms. The van der Waals surface area contributed by atoms with Gasteiger partial charge in [-0.2, -0.15) is 8.42 Å². The van der Waals surface area contributed by atoms with Crippen molar-refractivity contribution in [1.82, 2.24) is 0 Å². The van der Waals surface area contributed by atoms with Gasteiger partial charge in [0.1, 0.15) is 5.75 Å². The van der Waals surface area contributed by atoms with E-state index in [0.29, 0.717) is 0 Å². The van der Waals surface area contributed by atoms with Crippen molar-refractivity contribution in [2.75, 3.05) is 5.75 Å². The summed E-state index contributed by atoms with van der Waals surface area (Å²) in [6.45, 7) is 2.90. The van der Waals surface area contributed by atoms with E-state index in [1.165, 1.54) is 0 Å². The van der Waals surface area contributed by atoms with E-state index in [0.717, 1.165) is 0 Å². The molecule has 0 aliphatic rings. The largest absolute Gasteiger partial charge is 0.478 e. The SMILES string of the molecule is C=C(CS(=O)(=O)O)C(=O)O. The van der Waals surface area contributed by atoms with Crippen LogP contribution in [-0.4, -0.2) is 29.8 Å². The number of hydrogen-bond acceptors (Lipinski definition) is 3. The fraction of sp³-hybridized carbons (Fsp3) is 0.250. The Morgan fingerprint density at radius 2 is 1.90 bits per heavy atom. The highest BCUT2D eigenvalue weighted by Gasteiger charge is 2.12. The van der Waals surface area contributed by atoms with Gasteiger partial charge in [0.25, 0.3) is 10.1 Å². The second kappa shape index (κ2) is 2.80. The van der Waals surface area contributed by atoms with Crippen LogP contribution in [0.1, 0.15) is 0 Å². The minimum atomic E-state index is -4.25. The van der Waals surface area contributed by atoms with Crippen molar-refractivity contribution in [3.63, 3.8) is 0 Å². The van der Waals surface area contributed by atoms with Crippen LogP contribution in [0.5, 0.6) is 0 Å². The first kappa shape index (κ1) is 9.12. The van der Waals surface area contributed by atoms with E-state index in [4.69, 9.17) is 9.66 Å². The maximum atomic E-state index is 9.98. The Morgan fingerprint density at radius 1 is 1.50 bits per heavy atom. The highest BCUT2D eigenvalue weighted by Crippen LogP contribution is 1.94. The lowest BCUT2D eigenvalue weighted by Gasteiger charge is -1.94. The molecule has 5 nitrogen and oxygen atoms in total. The van der Waals surface area contributed by atoms with Crippen molar-refractivity contribution in [1.29, 1.82) is 0 Å². The zero-order chi connectivity index (χ0) is 8.36. The van der Waals surface area contributed by atoms with Crippen molar-refractivity contribution in [2.24, 2.45) is 0 Å². The van der Waals surface area contributed by atoms with Gasteiger partial charge in [0.15, 0.2) is 0 Å². The van der Waals surface area contributed by atoms with Gasteiger partial charge in [-0.1, -0.05) is 6.58 Å². The van der Waals surface area contributed by atoms with Gasteiger partial charge in [-0.25, -0.2) is 4.79 Å². The molecule has 0 aliphatic carbocycles. The quantitative estimate of drug-likeness (QED) is 0.436. The summed E-state index contributed by atoms with van der Waals surface area (Å²) in [5.74, 6) is -2.36. The van der Waals surface area contributed by atoms with Crippen LogP contribution >= 0.6 is 0 Å². The second-order valence-electron chi connectivity index (χ2n) is 1.63. The highest BCUT2D eigenvalue weighted by atomic mass is 32.2. The molecule has 0 fully saturated rings. The molecule has 0 spiro atoms. The Hall–Kier alpha value is -0.880. The van der Waals surface area contributed by atoms with E-state index in [2.05, 4.69) is 6.58 Å². The lowest BCUT2D eigenvalue weighted by molar-refractivity contribution is -0.132. The molecule has 0 aliphatic heterocycles. The molecule has 0 amide bonds. The van der Waals surface area contributed by atoms with Crippen molar-refractivity contribution in [2.45, 2.75) is 0 Å². The van der Waals surface area contributed by atoms with Gasteiger partial charge in [-0.3, -0.25) is 4.55 Å². The van der Waals surface area contributed by atoms with Gasteiger partial charge in [-0.15, -0.1) is 0 Å². The van der Waals surface area contributed by atoms with E-state index in [1.807, 2.05) is 0 Å². The number of carbonyl (C=O) groups is 1. The lowest BCUT2D eigenvalue weighted by Crippen LogP contribution is -2.12. The van der Waals surface area contributed by atoms with Gasteiger partial charge in [0, 0.05) is 5.57 Å². The molecular weight excluding hydrogens is 160 g/mol. The van der Waals surface area contributed by atoms with Gasteiger partial charge < -0.3 is 5.11 Å². The van der Waals surface area contributed by atoms with Crippen LogP contribution in [-0.2, 0) is 14.9 Å². The Bertz CT molecular complexity index is 249. The van der Waals surface area contributed by atoms with E-state index >= 15 is 0 Å². The Labute approximate surface area is 57.7 Å². The summed E-state index contributed by atoms with van der Waals surface area (Å²) in [7, 11) is -4.25. The van der Waals surface area contributed by atoms with Gasteiger partial charge >= 0.3 is 5.97 Å². The Balaban J connectivity index is 4.21. The molecule has 0 saturated heterocycles. The third kappa shape index (κ3) is 4.04. The van der Waals surface area contributed by atoms with Crippen molar-refractivity contribution in [3.05, 3.63) is 12.2 Å².